The number of alkyl halides is 3. The van der Waals surface area contributed by atoms with Crippen LogP contribution in [0.3, 0.4) is 0 Å². The molecule has 1 unspecified atom stereocenters. The molecule has 0 bridgehead atoms. The second kappa shape index (κ2) is 9.17. The number of benzene rings is 1. The monoisotopic (exact) mass is 458 g/mol. The fraction of sp³-hybridized carbons (Fsp3) is 0.636. The third-order valence-electron chi connectivity index (χ3n) is 5.31. The Hall–Kier alpha value is -2.49. The van der Waals surface area contributed by atoms with E-state index in [4.69, 9.17) is 14.2 Å². The molecule has 0 aromatic heterocycles. The predicted molar refractivity (Wildman–Crippen MR) is 109 cm³/mol. The quantitative estimate of drug-likeness (QED) is 0.691. The largest absolute Gasteiger partial charge is 0.488 e. The predicted octanol–water partition coefficient (Wildman–Crippen LogP) is 3.71. The standard InChI is InChI=1S/C22H29F3N2O5/c1-14-13-30-10-9-26(14)19(28)18-11-17(12-27(18)20(29)32-21(2,3)4)31-16-7-5-15(6-8-16)22(23,24)25/h5-8,14,17-18H,9-13H2,1-4H3/t14?,17-,18+/m1/s1. The van der Waals surface area contributed by atoms with Gasteiger partial charge in [0.15, 0.2) is 0 Å². The third-order valence-corrected chi connectivity index (χ3v) is 5.31. The van der Waals surface area contributed by atoms with Crippen LogP contribution in [-0.2, 0) is 20.4 Å². The van der Waals surface area contributed by atoms with Crippen LogP contribution in [0.15, 0.2) is 24.3 Å². The van der Waals surface area contributed by atoms with E-state index in [1.807, 2.05) is 6.92 Å². The molecule has 3 rings (SSSR count). The minimum atomic E-state index is -4.44. The summed E-state index contributed by atoms with van der Waals surface area (Å²) in [6, 6.07) is 3.43. The normalized spacial score (nSPS) is 24.4. The first-order valence-electron chi connectivity index (χ1n) is 10.6. The molecule has 0 spiro atoms. The van der Waals surface area contributed by atoms with Crippen LogP contribution in [-0.4, -0.2) is 71.9 Å². The van der Waals surface area contributed by atoms with Gasteiger partial charge in [-0.3, -0.25) is 9.69 Å². The van der Waals surface area contributed by atoms with Gasteiger partial charge in [0, 0.05) is 13.0 Å². The highest BCUT2D eigenvalue weighted by Crippen LogP contribution is 2.32. The number of ether oxygens (including phenoxy) is 3. The van der Waals surface area contributed by atoms with Gasteiger partial charge >= 0.3 is 12.3 Å². The van der Waals surface area contributed by atoms with Crippen LogP contribution in [0.25, 0.3) is 0 Å². The maximum atomic E-state index is 13.3. The van der Waals surface area contributed by atoms with Crippen molar-refractivity contribution >= 4 is 12.0 Å². The summed E-state index contributed by atoms with van der Waals surface area (Å²) in [7, 11) is 0. The minimum absolute atomic E-state index is 0.0884. The molecule has 2 aliphatic rings. The lowest BCUT2D eigenvalue weighted by Gasteiger charge is -2.37. The maximum absolute atomic E-state index is 13.3. The van der Waals surface area contributed by atoms with Gasteiger partial charge in [0.1, 0.15) is 23.5 Å². The Labute approximate surface area is 185 Å². The van der Waals surface area contributed by atoms with Crippen LogP contribution in [0.4, 0.5) is 18.0 Å². The van der Waals surface area contributed by atoms with Crippen LogP contribution < -0.4 is 4.74 Å². The molecule has 0 N–H and O–H groups in total. The summed E-state index contributed by atoms with van der Waals surface area (Å²) in [6.45, 7) is 8.42. The molecule has 1 aromatic carbocycles. The molecule has 1 aromatic rings. The molecular weight excluding hydrogens is 429 g/mol. The molecule has 7 nitrogen and oxygen atoms in total. The molecule has 2 heterocycles. The maximum Gasteiger partial charge on any atom is 0.416 e. The molecule has 2 saturated heterocycles. The van der Waals surface area contributed by atoms with Gasteiger partial charge < -0.3 is 19.1 Å². The number of carbonyl (C=O) groups is 2. The Morgan fingerprint density at radius 2 is 1.75 bits per heavy atom. The van der Waals surface area contributed by atoms with Gasteiger partial charge in [-0.15, -0.1) is 0 Å². The fourth-order valence-corrected chi connectivity index (χ4v) is 3.80. The van der Waals surface area contributed by atoms with Gasteiger partial charge in [0.2, 0.25) is 5.91 Å². The van der Waals surface area contributed by atoms with Gasteiger partial charge in [-0.2, -0.15) is 13.2 Å². The highest BCUT2D eigenvalue weighted by molar-refractivity contribution is 5.87. The second-order valence-corrected chi connectivity index (χ2v) is 9.10. The van der Waals surface area contributed by atoms with Crippen LogP contribution >= 0.6 is 0 Å². The van der Waals surface area contributed by atoms with Gasteiger partial charge in [-0.05, 0) is 52.0 Å². The van der Waals surface area contributed by atoms with Crippen LogP contribution in [0.2, 0.25) is 0 Å². The van der Waals surface area contributed by atoms with E-state index in [0.29, 0.717) is 19.8 Å². The Morgan fingerprint density at radius 1 is 1.09 bits per heavy atom. The number of hydrogen-bond donors (Lipinski definition) is 0. The molecule has 2 fully saturated rings. The molecule has 2 aliphatic heterocycles. The summed E-state index contributed by atoms with van der Waals surface area (Å²) < 4.78 is 55.1. The summed E-state index contributed by atoms with van der Waals surface area (Å²) in [5, 5.41) is 0. The van der Waals surface area contributed by atoms with Crippen molar-refractivity contribution in [3.63, 3.8) is 0 Å². The van der Waals surface area contributed by atoms with Crippen molar-refractivity contribution in [3.8, 4) is 5.75 Å². The Bertz CT molecular complexity index is 822. The lowest BCUT2D eigenvalue weighted by Crippen LogP contribution is -2.54. The molecule has 32 heavy (non-hydrogen) atoms. The highest BCUT2D eigenvalue weighted by Gasteiger charge is 2.45. The summed E-state index contributed by atoms with van der Waals surface area (Å²) in [5.41, 5.74) is -1.52. The van der Waals surface area contributed by atoms with Crippen molar-refractivity contribution < 1.29 is 37.0 Å². The van der Waals surface area contributed by atoms with Gasteiger partial charge in [-0.25, -0.2) is 4.79 Å². The van der Waals surface area contributed by atoms with Crippen LogP contribution in [0.5, 0.6) is 5.75 Å². The zero-order valence-electron chi connectivity index (χ0n) is 18.6. The number of morpholine rings is 1. The zero-order chi connectivity index (χ0) is 23.7. The number of hydrogen-bond acceptors (Lipinski definition) is 5. The summed E-state index contributed by atoms with van der Waals surface area (Å²) in [4.78, 5) is 29.1. The second-order valence-electron chi connectivity index (χ2n) is 9.10. The molecule has 0 aliphatic carbocycles. The van der Waals surface area contributed by atoms with Crippen LogP contribution in [0.1, 0.15) is 39.7 Å². The Morgan fingerprint density at radius 3 is 2.31 bits per heavy atom. The first-order valence-corrected chi connectivity index (χ1v) is 10.6. The average molecular weight is 458 g/mol. The lowest BCUT2D eigenvalue weighted by molar-refractivity contribution is -0.144. The highest BCUT2D eigenvalue weighted by atomic mass is 19.4. The Kier molecular flexibility index (Phi) is 6.92. The van der Waals surface area contributed by atoms with Gasteiger partial charge in [0.25, 0.3) is 0 Å². The average Bonchev–Trinajstić information content (AvgIpc) is 3.10. The summed E-state index contributed by atoms with van der Waals surface area (Å²) in [5.74, 6) is 0.0187. The SMILES string of the molecule is CC1COCCN1C(=O)[C@@H]1C[C@@H](Oc2ccc(C(F)(F)F)cc2)CN1C(=O)OC(C)(C)C. The molecule has 178 valence electrons. The minimum Gasteiger partial charge on any atom is -0.488 e. The number of amides is 2. The first-order chi connectivity index (χ1) is 14.8. The molecule has 0 radical (unpaired) electrons. The van der Waals surface area contributed by atoms with Crippen LogP contribution in [0, 0.1) is 0 Å². The number of carbonyl (C=O) groups excluding carboxylic acids is 2. The zero-order valence-corrected chi connectivity index (χ0v) is 18.6. The summed E-state index contributed by atoms with van der Waals surface area (Å²) in [6.07, 6.45) is -5.42. The van der Waals surface area contributed by atoms with E-state index in [9.17, 15) is 22.8 Å². The van der Waals surface area contributed by atoms with E-state index >= 15 is 0 Å². The smallest absolute Gasteiger partial charge is 0.416 e. The van der Waals surface area contributed by atoms with E-state index in [-0.39, 0.29) is 30.7 Å². The molecular formula is C22H29F3N2O5. The first kappa shape index (κ1) is 24.2. The summed E-state index contributed by atoms with van der Waals surface area (Å²) >= 11 is 0. The molecule has 2 amide bonds. The molecule has 3 atom stereocenters. The number of halogens is 3. The lowest BCUT2D eigenvalue weighted by atomic mass is 10.1. The number of nitrogens with zero attached hydrogens (tertiary/aromatic N) is 2. The number of likely N-dealkylation sites (tertiary alicyclic amines) is 1. The van der Waals surface area contributed by atoms with Crippen molar-refractivity contribution in [1.82, 2.24) is 9.80 Å². The van der Waals surface area contributed by atoms with E-state index in [2.05, 4.69) is 0 Å². The van der Waals surface area contributed by atoms with Crippen molar-refractivity contribution in [2.45, 2.75) is 64.1 Å². The van der Waals surface area contributed by atoms with E-state index < -0.39 is 35.6 Å². The van der Waals surface area contributed by atoms with E-state index in [1.54, 1.807) is 25.7 Å². The Balaban J connectivity index is 1.76. The van der Waals surface area contributed by atoms with Gasteiger partial charge in [-0.1, -0.05) is 0 Å². The van der Waals surface area contributed by atoms with Crippen molar-refractivity contribution in [1.29, 1.82) is 0 Å². The fourth-order valence-electron chi connectivity index (χ4n) is 3.80. The third kappa shape index (κ3) is 5.85. The number of rotatable bonds is 3. The van der Waals surface area contributed by atoms with Crippen molar-refractivity contribution in [2.75, 3.05) is 26.3 Å². The van der Waals surface area contributed by atoms with Gasteiger partial charge in [0.05, 0.1) is 31.4 Å². The van der Waals surface area contributed by atoms with Crippen molar-refractivity contribution in [2.24, 2.45) is 0 Å². The van der Waals surface area contributed by atoms with Crippen molar-refractivity contribution in [3.05, 3.63) is 29.8 Å². The van der Waals surface area contributed by atoms with E-state index in [1.165, 1.54) is 17.0 Å². The molecule has 0 saturated carbocycles. The van der Waals surface area contributed by atoms with E-state index in [0.717, 1.165) is 12.1 Å². The topological polar surface area (TPSA) is 68.3 Å². The molecule has 10 heteroatoms.